The van der Waals surface area contributed by atoms with Gasteiger partial charge in [-0.3, -0.25) is 4.79 Å². The molecule has 0 aliphatic heterocycles. The van der Waals surface area contributed by atoms with Crippen LogP contribution in [-0.4, -0.2) is 40.6 Å². The molecular formula is C10H14ClN5O2. The van der Waals surface area contributed by atoms with E-state index in [1.54, 1.807) is 13.0 Å². The van der Waals surface area contributed by atoms with Gasteiger partial charge in [-0.05, 0) is 18.5 Å². The number of nitrogens with zero attached hydrogens (tertiary/aromatic N) is 3. The molecule has 18 heavy (non-hydrogen) atoms. The Hall–Kier alpha value is -1.89. The topological polar surface area (TPSA) is 89.0 Å². The quantitative estimate of drug-likeness (QED) is 0.567. The van der Waals surface area contributed by atoms with Crippen molar-refractivity contribution in [1.29, 1.82) is 0 Å². The average molecular weight is 272 g/mol. The summed E-state index contributed by atoms with van der Waals surface area (Å²) in [7, 11) is 0. The third-order valence-corrected chi connectivity index (χ3v) is 1.88. The van der Waals surface area contributed by atoms with Gasteiger partial charge >= 0.3 is 5.97 Å². The maximum Gasteiger partial charge on any atom is 0.325 e. The van der Waals surface area contributed by atoms with E-state index < -0.39 is 5.97 Å². The summed E-state index contributed by atoms with van der Waals surface area (Å²) >= 11 is 5.72. The second kappa shape index (κ2) is 7.44. The first kappa shape index (κ1) is 14.2. The first-order valence-electron chi connectivity index (χ1n) is 5.31. The Morgan fingerprint density at radius 3 is 2.67 bits per heavy atom. The lowest BCUT2D eigenvalue weighted by atomic mass is 10.6. The minimum Gasteiger partial charge on any atom is -0.465 e. The molecule has 2 N–H and O–H groups in total. The van der Waals surface area contributed by atoms with Crippen molar-refractivity contribution in [3.63, 3.8) is 0 Å². The van der Waals surface area contributed by atoms with Crippen molar-refractivity contribution in [1.82, 2.24) is 15.0 Å². The monoisotopic (exact) mass is 271 g/mol. The van der Waals surface area contributed by atoms with E-state index in [2.05, 4.69) is 32.2 Å². The number of carbonyl (C=O) groups excluding carboxylic acids is 1. The molecule has 0 saturated heterocycles. The molecule has 0 spiro atoms. The summed E-state index contributed by atoms with van der Waals surface area (Å²) in [4.78, 5) is 22.9. The van der Waals surface area contributed by atoms with E-state index in [1.165, 1.54) is 0 Å². The third kappa shape index (κ3) is 4.96. The van der Waals surface area contributed by atoms with Crippen molar-refractivity contribution in [2.45, 2.75) is 6.92 Å². The summed E-state index contributed by atoms with van der Waals surface area (Å²) in [5.74, 6) is 0.116. The zero-order valence-electron chi connectivity index (χ0n) is 9.94. The van der Waals surface area contributed by atoms with Gasteiger partial charge in [0, 0.05) is 6.54 Å². The van der Waals surface area contributed by atoms with Crippen molar-refractivity contribution in [3.8, 4) is 0 Å². The molecule has 0 amide bonds. The molecule has 1 aromatic heterocycles. The SMILES string of the molecule is C=CCNc1nc(Cl)nc(NCC(=O)OCC)n1. The lowest BCUT2D eigenvalue weighted by Crippen LogP contribution is -2.18. The highest BCUT2D eigenvalue weighted by atomic mass is 35.5. The smallest absolute Gasteiger partial charge is 0.325 e. The molecule has 1 aromatic rings. The molecule has 98 valence electrons. The van der Waals surface area contributed by atoms with E-state index in [9.17, 15) is 4.79 Å². The Labute approximate surface area is 110 Å². The van der Waals surface area contributed by atoms with Crippen molar-refractivity contribution >= 4 is 29.5 Å². The van der Waals surface area contributed by atoms with E-state index in [-0.39, 0.29) is 17.8 Å². The van der Waals surface area contributed by atoms with Crippen LogP contribution in [0.15, 0.2) is 12.7 Å². The van der Waals surface area contributed by atoms with Gasteiger partial charge < -0.3 is 15.4 Å². The molecule has 0 unspecified atom stereocenters. The van der Waals surface area contributed by atoms with E-state index >= 15 is 0 Å². The van der Waals surface area contributed by atoms with Crippen LogP contribution < -0.4 is 10.6 Å². The van der Waals surface area contributed by atoms with Crippen LogP contribution in [0.25, 0.3) is 0 Å². The van der Waals surface area contributed by atoms with E-state index in [0.29, 0.717) is 19.1 Å². The number of anilines is 2. The molecule has 7 nitrogen and oxygen atoms in total. The van der Waals surface area contributed by atoms with Gasteiger partial charge in [0.15, 0.2) is 0 Å². The zero-order chi connectivity index (χ0) is 13.4. The highest BCUT2D eigenvalue weighted by Crippen LogP contribution is 2.08. The maximum absolute atomic E-state index is 11.1. The Balaban J connectivity index is 2.61. The number of hydrogen-bond acceptors (Lipinski definition) is 7. The maximum atomic E-state index is 11.1. The lowest BCUT2D eigenvalue weighted by molar-refractivity contribution is -0.140. The predicted octanol–water partition coefficient (Wildman–Crippen LogP) is 1.10. The number of nitrogens with one attached hydrogen (secondary N) is 2. The van der Waals surface area contributed by atoms with Gasteiger partial charge in [-0.25, -0.2) is 0 Å². The molecule has 0 aliphatic carbocycles. The van der Waals surface area contributed by atoms with Gasteiger partial charge in [-0.1, -0.05) is 6.08 Å². The fourth-order valence-corrected chi connectivity index (χ4v) is 1.20. The molecule has 0 radical (unpaired) electrons. The zero-order valence-corrected chi connectivity index (χ0v) is 10.7. The molecule has 1 heterocycles. The number of ether oxygens (including phenoxy) is 1. The first-order valence-corrected chi connectivity index (χ1v) is 5.69. The minimum absolute atomic E-state index is 0.0305. The molecule has 0 saturated carbocycles. The van der Waals surface area contributed by atoms with Crippen LogP contribution in [0.2, 0.25) is 5.28 Å². The molecule has 0 atom stereocenters. The van der Waals surface area contributed by atoms with Crippen molar-refractivity contribution in [2.24, 2.45) is 0 Å². The largest absolute Gasteiger partial charge is 0.465 e. The van der Waals surface area contributed by atoms with Gasteiger partial charge in [-0.2, -0.15) is 15.0 Å². The van der Waals surface area contributed by atoms with Crippen LogP contribution >= 0.6 is 11.6 Å². The molecular weight excluding hydrogens is 258 g/mol. The lowest BCUT2D eigenvalue weighted by Gasteiger charge is -2.06. The van der Waals surface area contributed by atoms with Crippen LogP contribution in [-0.2, 0) is 9.53 Å². The Morgan fingerprint density at radius 1 is 1.39 bits per heavy atom. The molecule has 0 bridgehead atoms. The average Bonchev–Trinajstić information content (AvgIpc) is 2.34. The van der Waals surface area contributed by atoms with Crippen molar-refractivity contribution < 1.29 is 9.53 Å². The van der Waals surface area contributed by atoms with Crippen LogP contribution in [0.5, 0.6) is 0 Å². The number of aromatic nitrogens is 3. The Kier molecular flexibility index (Phi) is 5.86. The van der Waals surface area contributed by atoms with Gasteiger partial charge in [0.25, 0.3) is 0 Å². The first-order chi connectivity index (χ1) is 8.65. The normalized spacial score (nSPS) is 9.67. The number of halogens is 1. The summed E-state index contributed by atoms with van der Waals surface area (Å²) in [5.41, 5.74) is 0. The fraction of sp³-hybridized carbons (Fsp3) is 0.400. The molecule has 0 fully saturated rings. The summed E-state index contributed by atoms with van der Waals surface area (Å²) in [6.45, 7) is 6.08. The van der Waals surface area contributed by atoms with Gasteiger partial charge in [0.05, 0.1) is 6.61 Å². The molecule has 1 rings (SSSR count). The van der Waals surface area contributed by atoms with Crippen LogP contribution in [0.1, 0.15) is 6.92 Å². The standard InChI is InChI=1S/C10H14ClN5O2/c1-3-5-12-9-14-8(11)15-10(16-9)13-6-7(17)18-4-2/h3H,1,4-6H2,2H3,(H2,12,13,14,15,16). The van der Waals surface area contributed by atoms with E-state index in [4.69, 9.17) is 16.3 Å². The molecule has 0 aliphatic rings. The molecule has 0 aromatic carbocycles. The van der Waals surface area contributed by atoms with Crippen LogP contribution in [0.4, 0.5) is 11.9 Å². The highest BCUT2D eigenvalue weighted by Gasteiger charge is 2.06. The predicted molar refractivity (Wildman–Crippen MR) is 68.6 cm³/mol. The third-order valence-electron chi connectivity index (χ3n) is 1.71. The fourth-order valence-electron chi connectivity index (χ4n) is 1.03. The Bertz CT molecular complexity index is 427. The summed E-state index contributed by atoms with van der Waals surface area (Å²) in [6, 6.07) is 0. The van der Waals surface area contributed by atoms with Gasteiger partial charge in [0.1, 0.15) is 6.54 Å². The second-order valence-corrected chi connectivity index (χ2v) is 3.42. The van der Waals surface area contributed by atoms with Gasteiger partial charge in [0.2, 0.25) is 17.2 Å². The van der Waals surface area contributed by atoms with E-state index in [1.807, 2.05) is 0 Å². The number of rotatable bonds is 7. The highest BCUT2D eigenvalue weighted by molar-refractivity contribution is 6.28. The minimum atomic E-state index is -0.394. The van der Waals surface area contributed by atoms with E-state index in [0.717, 1.165) is 0 Å². The van der Waals surface area contributed by atoms with Crippen molar-refractivity contribution in [3.05, 3.63) is 17.9 Å². The van der Waals surface area contributed by atoms with Gasteiger partial charge in [-0.15, -0.1) is 6.58 Å². The van der Waals surface area contributed by atoms with Crippen molar-refractivity contribution in [2.75, 3.05) is 30.3 Å². The second-order valence-electron chi connectivity index (χ2n) is 3.08. The number of carbonyl (C=O) groups is 1. The summed E-state index contributed by atoms with van der Waals surface area (Å²) in [5, 5.41) is 5.60. The van der Waals surface area contributed by atoms with Crippen LogP contribution in [0, 0.1) is 0 Å². The number of hydrogen-bond donors (Lipinski definition) is 2. The Morgan fingerprint density at radius 2 is 2.06 bits per heavy atom. The summed E-state index contributed by atoms with van der Waals surface area (Å²) in [6.07, 6.45) is 1.66. The summed E-state index contributed by atoms with van der Waals surface area (Å²) < 4.78 is 4.75. The van der Waals surface area contributed by atoms with Crippen LogP contribution in [0.3, 0.4) is 0 Å². The molecule has 8 heteroatoms. The number of esters is 1.